The molecule has 1 saturated carbocycles. The number of hydrogen-bond acceptors (Lipinski definition) is 5. The van der Waals surface area contributed by atoms with Crippen LogP contribution in [0.2, 0.25) is 0 Å². The summed E-state index contributed by atoms with van der Waals surface area (Å²) in [6.45, 7) is 0.349. The van der Waals surface area contributed by atoms with Crippen LogP contribution in [0.1, 0.15) is 37.7 Å². The fourth-order valence-corrected chi connectivity index (χ4v) is 2.52. The number of nitrogens with one attached hydrogen (secondary N) is 1. The Labute approximate surface area is 112 Å². The Morgan fingerprint density at radius 3 is 2.53 bits per heavy atom. The van der Waals surface area contributed by atoms with E-state index in [4.69, 9.17) is 0 Å². The van der Waals surface area contributed by atoms with Gasteiger partial charge in [-0.25, -0.2) is 0 Å². The van der Waals surface area contributed by atoms with Gasteiger partial charge in [-0.15, -0.1) is 0 Å². The molecular formula is C14H21NO4. The van der Waals surface area contributed by atoms with Gasteiger partial charge in [-0.3, -0.25) is 0 Å². The largest absolute Gasteiger partial charge is 0.504 e. The van der Waals surface area contributed by atoms with Crippen molar-refractivity contribution in [2.75, 3.05) is 0 Å². The van der Waals surface area contributed by atoms with Gasteiger partial charge in [0.2, 0.25) is 5.75 Å². The van der Waals surface area contributed by atoms with E-state index in [0.29, 0.717) is 12.1 Å². The summed E-state index contributed by atoms with van der Waals surface area (Å²) in [5, 5.41) is 41.6. The van der Waals surface area contributed by atoms with E-state index in [0.717, 1.165) is 32.1 Å². The van der Waals surface area contributed by atoms with Gasteiger partial charge in [-0.2, -0.15) is 0 Å². The van der Waals surface area contributed by atoms with E-state index in [1.807, 2.05) is 0 Å². The highest BCUT2D eigenvalue weighted by Gasteiger charge is 2.21. The summed E-state index contributed by atoms with van der Waals surface area (Å²) in [7, 11) is 0. The monoisotopic (exact) mass is 267 g/mol. The lowest BCUT2D eigenvalue weighted by molar-refractivity contribution is 0.119. The van der Waals surface area contributed by atoms with Crippen molar-refractivity contribution in [2.45, 2.75) is 50.8 Å². The second-order valence-electron chi connectivity index (χ2n) is 5.13. The zero-order valence-electron chi connectivity index (χ0n) is 10.8. The van der Waals surface area contributed by atoms with Crippen LogP contribution in [0.25, 0.3) is 0 Å². The first kappa shape index (κ1) is 14.0. The summed E-state index contributed by atoms with van der Waals surface area (Å²) in [4.78, 5) is 0. The normalized spacial score (nSPS) is 24.1. The fourth-order valence-electron chi connectivity index (χ4n) is 2.52. The van der Waals surface area contributed by atoms with Gasteiger partial charge in [-0.05, 0) is 18.9 Å². The van der Waals surface area contributed by atoms with Gasteiger partial charge in [0, 0.05) is 18.2 Å². The highest BCUT2D eigenvalue weighted by molar-refractivity contribution is 5.53. The average molecular weight is 267 g/mol. The number of aliphatic hydroxyl groups is 1. The van der Waals surface area contributed by atoms with Crippen LogP contribution >= 0.6 is 0 Å². The SMILES string of the molecule is Oc1ccc(CNC2CCCCCC2O)c(O)c1O. The molecule has 0 amide bonds. The average Bonchev–Trinajstić information content (AvgIpc) is 2.60. The highest BCUT2D eigenvalue weighted by atomic mass is 16.3. The summed E-state index contributed by atoms with van der Waals surface area (Å²) < 4.78 is 0. The molecule has 1 aromatic carbocycles. The van der Waals surface area contributed by atoms with Gasteiger partial charge in [0.1, 0.15) is 0 Å². The van der Waals surface area contributed by atoms with Gasteiger partial charge >= 0.3 is 0 Å². The van der Waals surface area contributed by atoms with E-state index < -0.39 is 5.75 Å². The fraction of sp³-hybridized carbons (Fsp3) is 0.571. The molecule has 0 heterocycles. The molecule has 0 radical (unpaired) electrons. The second kappa shape index (κ2) is 6.12. The number of phenols is 3. The first-order valence-electron chi connectivity index (χ1n) is 6.74. The van der Waals surface area contributed by atoms with Crippen molar-refractivity contribution in [3.8, 4) is 17.2 Å². The van der Waals surface area contributed by atoms with E-state index >= 15 is 0 Å². The van der Waals surface area contributed by atoms with Crippen LogP contribution in [0, 0.1) is 0 Å². The van der Waals surface area contributed by atoms with Crippen molar-refractivity contribution >= 4 is 0 Å². The Bertz CT molecular complexity index is 436. The van der Waals surface area contributed by atoms with Crippen molar-refractivity contribution in [1.29, 1.82) is 0 Å². The molecule has 1 aliphatic carbocycles. The molecule has 0 aromatic heterocycles. The predicted molar refractivity (Wildman–Crippen MR) is 71.2 cm³/mol. The molecule has 0 spiro atoms. The predicted octanol–water partition coefficient (Wildman–Crippen LogP) is 1.59. The number of rotatable bonds is 3. The van der Waals surface area contributed by atoms with Crippen LogP contribution < -0.4 is 5.32 Å². The zero-order chi connectivity index (χ0) is 13.8. The molecule has 2 unspecified atom stereocenters. The van der Waals surface area contributed by atoms with Crippen molar-refractivity contribution in [3.05, 3.63) is 17.7 Å². The lowest BCUT2D eigenvalue weighted by atomic mass is 10.1. The molecule has 0 saturated heterocycles. The molecule has 106 valence electrons. The second-order valence-corrected chi connectivity index (χ2v) is 5.13. The number of hydrogen-bond donors (Lipinski definition) is 5. The summed E-state index contributed by atoms with van der Waals surface area (Å²) in [6.07, 6.45) is 4.61. The van der Waals surface area contributed by atoms with Crippen LogP contribution in [0.3, 0.4) is 0 Å². The Morgan fingerprint density at radius 2 is 1.74 bits per heavy atom. The van der Waals surface area contributed by atoms with Gasteiger partial charge in [0.25, 0.3) is 0 Å². The third kappa shape index (κ3) is 3.30. The molecule has 5 nitrogen and oxygen atoms in total. The quantitative estimate of drug-likeness (QED) is 0.423. The molecule has 5 N–H and O–H groups in total. The van der Waals surface area contributed by atoms with E-state index in [-0.39, 0.29) is 23.6 Å². The smallest absolute Gasteiger partial charge is 0.200 e. The molecular weight excluding hydrogens is 246 g/mol. The van der Waals surface area contributed by atoms with Gasteiger partial charge in [-0.1, -0.05) is 25.3 Å². The van der Waals surface area contributed by atoms with Crippen molar-refractivity contribution in [2.24, 2.45) is 0 Å². The molecule has 0 bridgehead atoms. The molecule has 19 heavy (non-hydrogen) atoms. The Kier molecular flexibility index (Phi) is 4.50. The minimum atomic E-state index is -0.499. The van der Waals surface area contributed by atoms with Crippen molar-refractivity contribution in [3.63, 3.8) is 0 Å². The molecule has 2 rings (SSSR count). The van der Waals surface area contributed by atoms with Crippen LogP contribution in [0.4, 0.5) is 0 Å². The Morgan fingerprint density at radius 1 is 1.00 bits per heavy atom. The van der Waals surface area contributed by atoms with E-state index in [1.54, 1.807) is 6.07 Å². The molecule has 2 atom stereocenters. The zero-order valence-corrected chi connectivity index (χ0v) is 10.8. The minimum absolute atomic E-state index is 0.0119. The molecule has 1 aliphatic rings. The van der Waals surface area contributed by atoms with Gasteiger partial charge in [0.15, 0.2) is 11.5 Å². The molecule has 0 aliphatic heterocycles. The van der Waals surface area contributed by atoms with Crippen LogP contribution in [-0.4, -0.2) is 32.6 Å². The third-order valence-electron chi connectivity index (χ3n) is 3.75. The number of benzene rings is 1. The van der Waals surface area contributed by atoms with Crippen LogP contribution in [-0.2, 0) is 6.54 Å². The number of aliphatic hydroxyl groups excluding tert-OH is 1. The lowest BCUT2D eigenvalue weighted by Crippen LogP contribution is -2.38. The standard InChI is InChI=1S/C14H21NO4/c16-11-5-3-1-2-4-10(11)15-8-9-6-7-12(17)14(19)13(9)18/h6-7,10-11,15-19H,1-5,8H2. The van der Waals surface area contributed by atoms with Gasteiger partial charge < -0.3 is 25.7 Å². The van der Waals surface area contributed by atoms with Crippen molar-refractivity contribution in [1.82, 2.24) is 5.32 Å². The summed E-state index contributed by atoms with van der Waals surface area (Å²) in [5.74, 6) is -1.15. The third-order valence-corrected chi connectivity index (χ3v) is 3.75. The van der Waals surface area contributed by atoms with Crippen LogP contribution in [0.15, 0.2) is 12.1 Å². The lowest BCUT2D eigenvalue weighted by Gasteiger charge is -2.22. The molecule has 5 heteroatoms. The molecule has 1 aromatic rings. The first-order valence-corrected chi connectivity index (χ1v) is 6.74. The summed E-state index contributed by atoms with van der Waals surface area (Å²) >= 11 is 0. The molecule has 1 fully saturated rings. The van der Waals surface area contributed by atoms with E-state index in [2.05, 4.69) is 5.32 Å². The summed E-state index contributed by atoms with van der Waals surface area (Å²) in [6, 6.07) is 2.91. The van der Waals surface area contributed by atoms with Gasteiger partial charge in [0.05, 0.1) is 6.10 Å². The maximum absolute atomic E-state index is 9.98. The van der Waals surface area contributed by atoms with Crippen LogP contribution in [0.5, 0.6) is 17.2 Å². The van der Waals surface area contributed by atoms with Crippen molar-refractivity contribution < 1.29 is 20.4 Å². The minimum Gasteiger partial charge on any atom is -0.504 e. The van der Waals surface area contributed by atoms with E-state index in [9.17, 15) is 20.4 Å². The number of aromatic hydroxyl groups is 3. The van der Waals surface area contributed by atoms with E-state index in [1.165, 1.54) is 6.07 Å². The summed E-state index contributed by atoms with van der Waals surface area (Å²) in [5.41, 5.74) is 0.506. The topological polar surface area (TPSA) is 93.0 Å². The highest BCUT2D eigenvalue weighted by Crippen LogP contribution is 2.37. The Balaban J connectivity index is 2.00. The Hall–Kier alpha value is -1.46. The number of phenolic OH excluding ortho intramolecular Hbond substituents is 3. The maximum atomic E-state index is 9.98. The maximum Gasteiger partial charge on any atom is 0.200 e. The first-order chi connectivity index (χ1) is 9.09.